The van der Waals surface area contributed by atoms with E-state index in [9.17, 15) is 4.79 Å². The van der Waals surface area contributed by atoms with Crippen molar-refractivity contribution in [3.8, 4) is 0 Å². The van der Waals surface area contributed by atoms with Gasteiger partial charge in [-0.05, 0) is 49.3 Å². The van der Waals surface area contributed by atoms with E-state index < -0.39 is 0 Å². The van der Waals surface area contributed by atoms with Crippen LogP contribution in [0.4, 0.5) is 5.69 Å². The minimum absolute atomic E-state index is 0.201. The fraction of sp³-hybridized carbons (Fsp3) is 0.478. The molecule has 1 atom stereocenters. The number of carbonyl (C=O) groups is 1. The fourth-order valence-electron chi connectivity index (χ4n) is 4.63. The number of benzene rings is 1. The molecule has 4 rings (SSSR count). The van der Waals surface area contributed by atoms with Crippen LogP contribution in [0.2, 0.25) is 0 Å². The quantitative estimate of drug-likeness (QED) is 0.820. The number of hydrogen-bond acceptors (Lipinski definition) is 3. The molecule has 0 aliphatic carbocycles. The average molecular weight is 364 g/mol. The molecule has 0 spiro atoms. The molecule has 142 valence electrons. The van der Waals surface area contributed by atoms with Crippen molar-refractivity contribution < 1.29 is 4.79 Å². The molecule has 0 bridgehead atoms. The second-order valence-corrected chi connectivity index (χ2v) is 7.88. The Bertz CT molecular complexity index is 726. The van der Waals surface area contributed by atoms with Crippen molar-refractivity contribution in [1.29, 1.82) is 0 Å². The van der Waals surface area contributed by atoms with Gasteiger partial charge in [0, 0.05) is 38.3 Å². The first kappa shape index (κ1) is 18.0. The van der Waals surface area contributed by atoms with Crippen molar-refractivity contribution in [3.63, 3.8) is 0 Å². The van der Waals surface area contributed by atoms with Gasteiger partial charge in [-0.2, -0.15) is 0 Å². The highest BCUT2D eigenvalue weighted by atomic mass is 16.2. The molecule has 27 heavy (non-hydrogen) atoms. The summed E-state index contributed by atoms with van der Waals surface area (Å²) in [6.07, 6.45) is 9.32. The Morgan fingerprint density at radius 3 is 2.48 bits per heavy atom. The van der Waals surface area contributed by atoms with Crippen LogP contribution >= 0.6 is 0 Å². The van der Waals surface area contributed by atoms with Gasteiger partial charge in [0.15, 0.2) is 0 Å². The van der Waals surface area contributed by atoms with Crippen LogP contribution < -0.4 is 4.90 Å². The number of amides is 1. The van der Waals surface area contributed by atoms with Gasteiger partial charge >= 0.3 is 0 Å². The molecule has 2 aliphatic rings. The number of carbonyl (C=O) groups excluding carboxylic acids is 1. The summed E-state index contributed by atoms with van der Waals surface area (Å²) in [4.78, 5) is 22.1. The normalized spacial score (nSPS) is 21.9. The van der Waals surface area contributed by atoms with E-state index in [1.54, 1.807) is 0 Å². The van der Waals surface area contributed by atoms with Crippen molar-refractivity contribution in [3.05, 3.63) is 60.4 Å². The number of nitrogens with zero attached hydrogens (tertiary/aromatic N) is 3. The van der Waals surface area contributed by atoms with E-state index in [2.05, 4.69) is 45.1 Å². The van der Waals surface area contributed by atoms with Crippen molar-refractivity contribution in [2.24, 2.45) is 11.8 Å². The lowest BCUT2D eigenvalue weighted by molar-refractivity contribution is -0.137. The zero-order valence-electron chi connectivity index (χ0n) is 16.0. The number of piperidine rings is 1. The molecule has 0 N–H and O–H groups in total. The van der Waals surface area contributed by atoms with Crippen LogP contribution in [0.1, 0.15) is 37.7 Å². The van der Waals surface area contributed by atoms with Crippen molar-refractivity contribution in [2.75, 3.05) is 24.5 Å². The Morgan fingerprint density at radius 1 is 0.926 bits per heavy atom. The Morgan fingerprint density at radius 2 is 1.74 bits per heavy atom. The molecule has 1 amide bonds. The number of hydrogen-bond donors (Lipinski definition) is 0. The minimum atomic E-state index is 0.201. The number of pyridine rings is 1. The summed E-state index contributed by atoms with van der Waals surface area (Å²) >= 11 is 0. The molecule has 4 nitrogen and oxygen atoms in total. The van der Waals surface area contributed by atoms with Crippen LogP contribution in [-0.4, -0.2) is 35.4 Å². The van der Waals surface area contributed by atoms with E-state index in [1.165, 1.54) is 17.7 Å². The predicted octanol–water partition coefficient (Wildman–Crippen LogP) is 4.13. The first-order valence-electron chi connectivity index (χ1n) is 10.3. The van der Waals surface area contributed by atoms with Gasteiger partial charge in [0.2, 0.25) is 5.91 Å². The van der Waals surface area contributed by atoms with Gasteiger partial charge in [-0.1, -0.05) is 36.8 Å². The highest BCUT2D eigenvalue weighted by Crippen LogP contribution is 2.33. The Kier molecular flexibility index (Phi) is 5.71. The first-order chi connectivity index (χ1) is 13.3. The molecule has 2 aliphatic heterocycles. The molecule has 4 heteroatoms. The molecule has 1 aromatic carbocycles. The maximum absolute atomic E-state index is 13.3. The Hall–Kier alpha value is -2.36. The summed E-state index contributed by atoms with van der Waals surface area (Å²) in [6, 6.07) is 14.5. The van der Waals surface area contributed by atoms with Crippen molar-refractivity contribution in [1.82, 2.24) is 9.88 Å². The summed E-state index contributed by atoms with van der Waals surface area (Å²) in [6.45, 7) is 3.71. The molecule has 2 fully saturated rings. The predicted molar refractivity (Wildman–Crippen MR) is 108 cm³/mol. The van der Waals surface area contributed by atoms with E-state index in [1.807, 2.05) is 24.5 Å². The summed E-state index contributed by atoms with van der Waals surface area (Å²) in [5.74, 6) is 1.10. The van der Waals surface area contributed by atoms with Gasteiger partial charge in [0.25, 0.3) is 0 Å². The number of rotatable bonds is 4. The van der Waals surface area contributed by atoms with Crippen LogP contribution in [0.5, 0.6) is 0 Å². The molecule has 3 heterocycles. The largest absolute Gasteiger partial charge is 0.370 e. The third-order valence-electron chi connectivity index (χ3n) is 6.16. The van der Waals surface area contributed by atoms with Gasteiger partial charge in [0.05, 0.1) is 11.9 Å². The standard InChI is InChI=1S/C23H29N3O/c27-23-22(10-4-5-14-26(23)18-19-7-2-1-3-8-19)20-11-15-25(16-12-20)21-9-6-13-24-17-21/h1-3,6-9,13,17,20,22H,4-5,10-12,14-16,18H2. The average Bonchev–Trinajstić information content (AvgIpc) is 2.91. The summed E-state index contributed by atoms with van der Waals surface area (Å²) in [5.41, 5.74) is 2.44. The molecule has 2 aromatic rings. The molecular formula is C23H29N3O. The minimum Gasteiger partial charge on any atom is -0.370 e. The Balaban J connectivity index is 1.40. The lowest BCUT2D eigenvalue weighted by Crippen LogP contribution is -2.42. The highest BCUT2D eigenvalue weighted by molar-refractivity contribution is 5.79. The van der Waals surface area contributed by atoms with E-state index in [0.717, 1.165) is 51.9 Å². The molecule has 1 aromatic heterocycles. The topological polar surface area (TPSA) is 36.4 Å². The van der Waals surface area contributed by atoms with Gasteiger partial charge in [-0.3, -0.25) is 9.78 Å². The van der Waals surface area contributed by atoms with Crippen molar-refractivity contribution in [2.45, 2.75) is 38.6 Å². The van der Waals surface area contributed by atoms with Crippen LogP contribution in [-0.2, 0) is 11.3 Å². The third kappa shape index (κ3) is 4.32. The third-order valence-corrected chi connectivity index (χ3v) is 6.16. The van der Waals surface area contributed by atoms with Crippen molar-refractivity contribution >= 4 is 11.6 Å². The molecular weight excluding hydrogens is 334 g/mol. The lowest BCUT2D eigenvalue weighted by Gasteiger charge is -2.37. The van der Waals surface area contributed by atoms with E-state index in [-0.39, 0.29) is 5.92 Å². The maximum atomic E-state index is 13.3. The highest BCUT2D eigenvalue weighted by Gasteiger charge is 2.35. The van der Waals surface area contributed by atoms with Crippen LogP contribution in [0.3, 0.4) is 0 Å². The second-order valence-electron chi connectivity index (χ2n) is 7.88. The van der Waals surface area contributed by atoms with E-state index in [0.29, 0.717) is 11.8 Å². The van der Waals surface area contributed by atoms with Gasteiger partial charge < -0.3 is 9.80 Å². The number of aromatic nitrogens is 1. The Labute approximate surface area is 162 Å². The zero-order chi connectivity index (χ0) is 18.5. The van der Waals surface area contributed by atoms with Gasteiger partial charge in [0.1, 0.15) is 0 Å². The number of anilines is 1. The molecule has 0 radical (unpaired) electrons. The first-order valence-corrected chi connectivity index (χ1v) is 10.3. The van der Waals surface area contributed by atoms with Crippen LogP contribution in [0.15, 0.2) is 54.9 Å². The molecule has 0 saturated carbocycles. The van der Waals surface area contributed by atoms with Gasteiger partial charge in [-0.25, -0.2) is 0 Å². The van der Waals surface area contributed by atoms with Gasteiger partial charge in [-0.15, -0.1) is 0 Å². The lowest BCUT2D eigenvalue weighted by atomic mass is 9.81. The van der Waals surface area contributed by atoms with Crippen LogP contribution in [0, 0.1) is 11.8 Å². The maximum Gasteiger partial charge on any atom is 0.226 e. The number of likely N-dealkylation sites (tertiary alicyclic amines) is 1. The summed E-state index contributed by atoms with van der Waals surface area (Å²) in [5, 5.41) is 0. The summed E-state index contributed by atoms with van der Waals surface area (Å²) < 4.78 is 0. The van der Waals surface area contributed by atoms with E-state index in [4.69, 9.17) is 0 Å². The zero-order valence-corrected chi connectivity index (χ0v) is 16.0. The molecule has 2 saturated heterocycles. The fourth-order valence-corrected chi connectivity index (χ4v) is 4.63. The summed E-state index contributed by atoms with van der Waals surface area (Å²) in [7, 11) is 0. The SMILES string of the molecule is O=C1C(C2CCN(c3cccnc3)CC2)CCCCN1Cc1ccccc1. The van der Waals surface area contributed by atoms with Crippen LogP contribution in [0.25, 0.3) is 0 Å². The smallest absolute Gasteiger partial charge is 0.226 e. The monoisotopic (exact) mass is 363 g/mol. The second kappa shape index (κ2) is 8.55. The van der Waals surface area contributed by atoms with E-state index >= 15 is 0 Å². The molecule has 1 unspecified atom stereocenters.